The second-order valence-electron chi connectivity index (χ2n) is 8.74. The van der Waals surface area contributed by atoms with Crippen molar-refractivity contribution >= 4 is 16.9 Å². The SMILES string of the molecule is COc1ccc(CNC(=O)c2ccc3c(c2)nc(-n2cccc2)n3C2CCCCC2)cc1OC. The molecule has 4 aromatic rings. The fourth-order valence-electron chi connectivity index (χ4n) is 4.85. The molecular weight excluding hydrogens is 428 g/mol. The molecule has 2 heterocycles. The number of nitrogens with zero attached hydrogens (tertiary/aromatic N) is 3. The highest BCUT2D eigenvalue weighted by Gasteiger charge is 2.23. The van der Waals surface area contributed by atoms with Gasteiger partial charge in [-0.1, -0.05) is 25.3 Å². The third kappa shape index (κ3) is 4.25. The van der Waals surface area contributed by atoms with Crippen molar-refractivity contribution in [3.8, 4) is 17.4 Å². The first-order valence-corrected chi connectivity index (χ1v) is 11.8. The van der Waals surface area contributed by atoms with Gasteiger partial charge in [-0.25, -0.2) is 4.98 Å². The van der Waals surface area contributed by atoms with Gasteiger partial charge in [0.15, 0.2) is 11.5 Å². The van der Waals surface area contributed by atoms with Crippen LogP contribution in [0.15, 0.2) is 60.9 Å². The summed E-state index contributed by atoms with van der Waals surface area (Å²) in [5, 5.41) is 3.01. The Morgan fingerprint density at radius 1 is 1.00 bits per heavy atom. The van der Waals surface area contributed by atoms with Gasteiger partial charge in [0.05, 0.1) is 25.3 Å². The number of methoxy groups -OCH3 is 2. The van der Waals surface area contributed by atoms with Crippen molar-refractivity contribution in [3.63, 3.8) is 0 Å². The van der Waals surface area contributed by atoms with E-state index in [0.29, 0.717) is 29.6 Å². The molecule has 7 heteroatoms. The van der Waals surface area contributed by atoms with E-state index in [-0.39, 0.29) is 5.91 Å². The summed E-state index contributed by atoms with van der Waals surface area (Å²) in [6, 6.07) is 15.9. The Labute approximate surface area is 199 Å². The second-order valence-corrected chi connectivity index (χ2v) is 8.74. The number of rotatable bonds is 7. The van der Waals surface area contributed by atoms with Crippen LogP contribution in [0.3, 0.4) is 0 Å². The van der Waals surface area contributed by atoms with Crippen LogP contribution in [0, 0.1) is 0 Å². The van der Waals surface area contributed by atoms with E-state index in [9.17, 15) is 4.79 Å². The molecule has 2 aromatic heterocycles. The summed E-state index contributed by atoms with van der Waals surface area (Å²) in [4.78, 5) is 17.9. The second kappa shape index (κ2) is 9.63. The number of hydrogen-bond donors (Lipinski definition) is 1. The summed E-state index contributed by atoms with van der Waals surface area (Å²) in [7, 11) is 3.20. The topological polar surface area (TPSA) is 70.3 Å². The monoisotopic (exact) mass is 458 g/mol. The first kappa shape index (κ1) is 22.1. The summed E-state index contributed by atoms with van der Waals surface area (Å²) < 4.78 is 15.1. The van der Waals surface area contributed by atoms with Gasteiger partial charge in [-0.2, -0.15) is 0 Å². The van der Waals surface area contributed by atoms with E-state index >= 15 is 0 Å². The zero-order chi connectivity index (χ0) is 23.5. The van der Waals surface area contributed by atoms with Crippen molar-refractivity contribution < 1.29 is 14.3 Å². The molecule has 0 bridgehead atoms. The number of aromatic nitrogens is 3. The Morgan fingerprint density at radius 3 is 2.50 bits per heavy atom. The lowest BCUT2D eigenvalue weighted by molar-refractivity contribution is 0.0951. The normalized spacial score (nSPS) is 14.3. The van der Waals surface area contributed by atoms with E-state index in [2.05, 4.69) is 14.5 Å². The van der Waals surface area contributed by atoms with Crippen molar-refractivity contribution in [1.82, 2.24) is 19.4 Å². The standard InChI is InChI=1S/C27H30N4O3/c1-33-24-13-10-19(16-25(24)34-2)18-28-26(32)20-11-12-23-22(17-20)29-27(30-14-6-7-15-30)31(23)21-8-4-3-5-9-21/h6-7,10-17,21H,3-5,8-9,18H2,1-2H3,(H,28,32). The molecule has 1 N–H and O–H groups in total. The van der Waals surface area contributed by atoms with Crippen molar-refractivity contribution in [2.45, 2.75) is 44.7 Å². The maximum atomic E-state index is 13.0. The van der Waals surface area contributed by atoms with Crippen LogP contribution >= 0.6 is 0 Å². The molecule has 1 fully saturated rings. The molecule has 176 valence electrons. The first-order valence-electron chi connectivity index (χ1n) is 11.8. The molecule has 1 aliphatic carbocycles. The van der Waals surface area contributed by atoms with Crippen LogP contribution in [-0.4, -0.2) is 34.2 Å². The molecule has 0 saturated heterocycles. The van der Waals surface area contributed by atoms with Gasteiger partial charge >= 0.3 is 0 Å². The Kier molecular flexibility index (Phi) is 6.25. The molecule has 1 aliphatic rings. The molecule has 0 radical (unpaired) electrons. The lowest BCUT2D eigenvalue weighted by atomic mass is 9.95. The van der Waals surface area contributed by atoms with Gasteiger partial charge < -0.3 is 19.4 Å². The van der Waals surface area contributed by atoms with Crippen LogP contribution in [0.5, 0.6) is 11.5 Å². The van der Waals surface area contributed by atoms with Crippen molar-refractivity contribution in [1.29, 1.82) is 0 Å². The fraction of sp³-hybridized carbons (Fsp3) is 0.333. The molecule has 7 nitrogen and oxygen atoms in total. The highest BCUT2D eigenvalue weighted by molar-refractivity contribution is 5.97. The van der Waals surface area contributed by atoms with E-state index in [1.54, 1.807) is 14.2 Å². The average Bonchev–Trinajstić information content (AvgIpc) is 3.55. The van der Waals surface area contributed by atoms with E-state index in [1.165, 1.54) is 19.3 Å². The molecule has 0 spiro atoms. The zero-order valence-corrected chi connectivity index (χ0v) is 19.7. The van der Waals surface area contributed by atoms with Crippen LogP contribution in [0.25, 0.3) is 17.0 Å². The van der Waals surface area contributed by atoms with Crippen molar-refractivity contribution in [3.05, 3.63) is 72.1 Å². The molecule has 34 heavy (non-hydrogen) atoms. The Balaban J connectivity index is 1.41. The smallest absolute Gasteiger partial charge is 0.251 e. The number of hydrogen-bond acceptors (Lipinski definition) is 4. The van der Waals surface area contributed by atoms with Gasteiger partial charge in [0.2, 0.25) is 5.95 Å². The average molecular weight is 459 g/mol. The largest absolute Gasteiger partial charge is 0.493 e. The molecular formula is C27H30N4O3. The van der Waals surface area contributed by atoms with E-state index in [1.807, 2.05) is 60.9 Å². The van der Waals surface area contributed by atoms with E-state index in [0.717, 1.165) is 35.4 Å². The molecule has 0 atom stereocenters. The van der Waals surface area contributed by atoms with Crippen molar-refractivity contribution in [2.75, 3.05) is 14.2 Å². The molecule has 1 saturated carbocycles. The molecule has 0 unspecified atom stereocenters. The number of fused-ring (bicyclic) bond motifs is 1. The summed E-state index contributed by atoms with van der Waals surface area (Å²) in [6.45, 7) is 0.391. The van der Waals surface area contributed by atoms with Crippen molar-refractivity contribution in [2.24, 2.45) is 0 Å². The van der Waals surface area contributed by atoms with Crippen LogP contribution < -0.4 is 14.8 Å². The minimum atomic E-state index is -0.133. The summed E-state index contributed by atoms with van der Waals surface area (Å²) in [5.74, 6) is 2.08. The van der Waals surface area contributed by atoms with Gasteiger partial charge in [0, 0.05) is 30.5 Å². The molecule has 2 aromatic carbocycles. The summed E-state index contributed by atoms with van der Waals surface area (Å²) in [5.41, 5.74) is 3.45. The summed E-state index contributed by atoms with van der Waals surface area (Å²) >= 11 is 0. The van der Waals surface area contributed by atoms with Gasteiger partial charge in [-0.3, -0.25) is 9.36 Å². The highest BCUT2D eigenvalue weighted by Crippen LogP contribution is 2.34. The van der Waals surface area contributed by atoms with Crippen LogP contribution in [0.1, 0.15) is 54.1 Å². The van der Waals surface area contributed by atoms with Gasteiger partial charge in [-0.15, -0.1) is 0 Å². The third-order valence-corrected chi connectivity index (χ3v) is 6.61. The lowest BCUT2D eigenvalue weighted by Crippen LogP contribution is -2.22. The number of imidazole rings is 1. The minimum Gasteiger partial charge on any atom is -0.493 e. The van der Waals surface area contributed by atoms with Gasteiger partial charge in [-0.05, 0) is 60.9 Å². The Hall–Kier alpha value is -3.74. The fourth-order valence-corrected chi connectivity index (χ4v) is 4.85. The Bertz CT molecular complexity index is 1290. The predicted octanol–water partition coefficient (Wildman–Crippen LogP) is 5.28. The van der Waals surface area contributed by atoms with Crippen LogP contribution in [-0.2, 0) is 6.54 Å². The minimum absolute atomic E-state index is 0.133. The number of benzene rings is 2. The molecule has 1 amide bonds. The Morgan fingerprint density at radius 2 is 1.76 bits per heavy atom. The lowest BCUT2D eigenvalue weighted by Gasteiger charge is -2.25. The quantitative estimate of drug-likeness (QED) is 0.409. The number of nitrogens with one attached hydrogen (secondary N) is 1. The first-order chi connectivity index (χ1) is 16.7. The predicted molar refractivity (Wildman–Crippen MR) is 132 cm³/mol. The van der Waals surface area contributed by atoms with E-state index < -0.39 is 0 Å². The summed E-state index contributed by atoms with van der Waals surface area (Å²) in [6.07, 6.45) is 10.2. The highest BCUT2D eigenvalue weighted by atomic mass is 16.5. The number of carbonyl (C=O) groups excluding carboxylic acids is 1. The zero-order valence-electron chi connectivity index (χ0n) is 19.7. The maximum Gasteiger partial charge on any atom is 0.251 e. The molecule has 0 aliphatic heterocycles. The maximum absolute atomic E-state index is 13.0. The van der Waals surface area contributed by atoms with Gasteiger partial charge in [0.1, 0.15) is 0 Å². The van der Waals surface area contributed by atoms with Gasteiger partial charge in [0.25, 0.3) is 5.91 Å². The number of ether oxygens (including phenoxy) is 2. The molecule has 5 rings (SSSR count). The number of carbonyl (C=O) groups is 1. The number of amides is 1. The third-order valence-electron chi connectivity index (χ3n) is 6.61. The van der Waals surface area contributed by atoms with Crippen LogP contribution in [0.4, 0.5) is 0 Å². The van der Waals surface area contributed by atoms with E-state index in [4.69, 9.17) is 14.5 Å². The van der Waals surface area contributed by atoms with Crippen LogP contribution in [0.2, 0.25) is 0 Å².